The minimum Gasteiger partial charge on any atom is -0.391 e. The van der Waals surface area contributed by atoms with Crippen molar-refractivity contribution < 1.29 is 56.1 Å². The lowest BCUT2D eigenvalue weighted by molar-refractivity contribution is -0.144. The Balaban J connectivity index is 0.891. The van der Waals surface area contributed by atoms with E-state index in [0.717, 1.165) is 27.8 Å². The number of aliphatic hydroxyl groups is 1. The zero-order valence-electron chi connectivity index (χ0n) is 44.4. The van der Waals surface area contributed by atoms with Crippen molar-refractivity contribution in [3.05, 3.63) is 123 Å². The molecule has 0 unspecified atom stereocenters. The van der Waals surface area contributed by atoms with Crippen LogP contribution in [0.1, 0.15) is 78.6 Å². The number of carbonyl (C=O) groups is 5. The van der Waals surface area contributed by atoms with Crippen molar-refractivity contribution in [1.82, 2.24) is 35.7 Å². The lowest BCUT2D eigenvalue weighted by Gasteiger charge is -2.44. The Bertz CT molecular complexity index is 3030. The third kappa shape index (κ3) is 14.5. The molecule has 2 aromatic heterocycles. The summed E-state index contributed by atoms with van der Waals surface area (Å²) >= 11 is 1.54. The molecule has 3 aromatic carbocycles. The maximum atomic E-state index is 15.6. The number of amides is 5. The molecule has 0 saturated carbocycles. The van der Waals surface area contributed by atoms with E-state index in [9.17, 15) is 47.0 Å². The average molecular weight is 1100 g/mol. The number of piperazine rings is 1. The van der Waals surface area contributed by atoms with E-state index in [1.165, 1.54) is 23.1 Å². The summed E-state index contributed by atoms with van der Waals surface area (Å²) in [5, 5.41) is 21.5. The Morgan fingerprint density at radius 2 is 1.58 bits per heavy atom. The zero-order chi connectivity index (χ0) is 56.6. The summed E-state index contributed by atoms with van der Waals surface area (Å²) in [6, 6.07) is 14.5. The third-order valence-corrected chi connectivity index (χ3v) is 14.8. The first kappa shape index (κ1) is 58.6. The number of alkyl halides is 3. The summed E-state index contributed by atoms with van der Waals surface area (Å²) in [6.07, 6.45) is -5.23. The molecule has 5 atom stereocenters. The quantitative estimate of drug-likeness (QED) is 0.0415. The summed E-state index contributed by atoms with van der Waals surface area (Å²) in [4.78, 5) is 92.2. The largest absolute Gasteiger partial charge is 0.417 e. The molecule has 0 spiro atoms. The second kappa shape index (κ2) is 25.2. The molecule has 5 aromatic rings. The number of hydrogen-bond donors (Lipinski definition) is 6. The van der Waals surface area contributed by atoms with Gasteiger partial charge in [0.05, 0.1) is 64.5 Å². The van der Waals surface area contributed by atoms with Gasteiger partial charge in [-0.3, -0.25) is 33.7 Å². The van der Waals surface area contributed by atoms with E-state index in [4.69, 9.17) is 9.47 Å². The van der Waals surface area contributed by atoms with Crippen LogP contribution in [0.15, 0.2) is 83.2 Å². The molecule has 2 aliphatic rings. The minimum absolute atomic E-state index is 0.0204. The maximum Gasteiger partial charge on any atom is 0.417 e. The first-order valence-corrected chi connectivity index (χ1v) is 26.3. The normalized spacial score (nSPS) is 18.4. The van der Waals surface area contributed by atoms with Crippen molar-refractivity contribution in [2.24, 2.45) is 5.41 Å². The van der Waals surface area contributed by atoms with Gasteiger partial charge in [0.2, 0.25) is 23.3 Å². The number of ether oxygens (including phenoxy) is 2. The summed E-state index contributed by atoms with van der Waals surface area (Å²) in [5.74, 6) is -3.98. The molecule has 4 heterocycles. The van der Waals surface area contributed by atoms with Crippen LogP contribution >= 0.6 is 11.3 Å². The number of likely N-dealkylation sites (N-methyl/N-ethyl adjacent to an activating group) is 1. The summed E-state index contributed by atoms with van der Waals surface area (Å²) in [6.45, 7) is 12.1. The molecule has 18 nitrogen and oxygen atoms in total. The molecule has 0 aliphatic carbocycles. The molecular weight excluding hydrogens is 1040 g/mol. The lowest BCUT2D eigenvalue weighted by atomic mass is 9.85. The van der Waals surface area contributed by atoms with Gasteiger partial charge in [-0.1, -0.05) is 51.1 Å². The Labute approximate surface area is 452 Å². The van der Waals surface area contributed by atoms with Gasteiger partial charge < -0.3 is 50.6 Å². The number of aryl methyl sites for hydroxylation is 1. The second-order valence-corrected chi connectivity index (χ2v) is 21.5. The van der Waals surface area contributed by atoms with Crippen LogP contribution in [0, 0.1) is 18.2 Å². The molecule has 5 amide bonds. The van der Waals surface area contributed by atoms with E-state index in [0.29, 0.717) is 31.0 Å². The molecule has 0 bridgehead atoms. The predicted molar refractivity (Wildman–Crippen MR) is 286 cm³/mol. The topological polar surface area (TPSA) is 228 Å². The van der Waals surface area contributed by atoms with Gasteiger partial charge in [0.1, 0.15) is 24.5 Å². The SMILES string of the molecule is Cc1ncsc1-c1ccc(CNC(=O)[C@@H]2C[C@@H](O)CN2C(=O)[C@@H](NC(=O)COCCOCCNC(=O)c2ccc(F)c(-c3ccc(N4C[C@@H](C)N(C)[C@@H](C)C4)c(NC(=O)c4c[nH]c(=O)cc4C(F)(F)F)c3)c2)C(C)(C)C)cc1. The van der Waals surface area contributed by atoms with E-state index in [1.54, 1.807) is 49.8 Å². The number of benzene rings is 3. The smallest absolute Gasteiger partial charge is 0.391 e. The highest BCUT2D eigenvalue weighted by atomic mass is 32.1. The molecule has 78 heavy (non-hydrogen) atoms. The average Bonchev–Trinajstić information content (AvgIpc) is 4.02. The zero-order valence-corrected chi connectivity index (χ0v) is 45.2. The summed E-state index contributed by atoms with van der Waals surface area (Å²) < 4.78 is 68.7. The van der Waals surface area contributed by atoms with E-state index >= 15 is 4.39 Å². The number of β-amino-alcohol motifs (C(OH)–C–C–N with tert-alkyl or cyclic N) is 1. The van der Waals surface area contributed by atoms with Gasteiger partial charge in [-0.15, -0.1) is 11.3 Å². The van der Waals surface area contributed by atoms with Crippen molar-refractivity contribution in [3.8, 4) is 21.6 Å². The Morgan fingerprint density at radius 3 is 2.24 bits per heavy atom. The molecule has 23 heteroatoms. The molecule has 2 aliphatic heterocycles. The number of H-pyrrole nitrogens is 1. The van der Waals surface area contributed by atoms with Crippen molar-refractivity contribution in [2.45, 2.75) is 91.0 Å². The lowest BCUT2D eigenvalue weighted by Crippen LogP contribution is -2.58. The second-order valence-electron chi connectivity index (χ2n) is 20.6. The number of aliphatic hydroxyl groups excluding tert-OH is 1. The van der Waals surface area contributed by atoms with Crippen LogP contribution in [-0.4, -0.2) is 144 Å². The number of anilines is 2. The fourth-order valence-corrected chi connectivity index (χ4v) is 10.2. The molecule has 418 valence electrons. The van der Waals surface area contributed by atoms with E-state index < -0.39 is 88.4 Å². The molecule has 6 N–H and O–H groups in total. The highest BCUT2D eigenvalue weighted by molar-refractivity contribution is 7.13. The van der Waals surface area contributed by atoms with Crippen LogP contribution in [-0.2, 0) is 36.6 Å². The van der Waals surface area contributed by atoms with Gasteiger partial charge >= 0.3 is 6.18 Å². The van der Waals surface area contributed by atoms with E-state index in [1.807, 2.05) is 57.0 Å². The van der Waals surface area contributed by atoms with Gasteiger partial charge in [0.25, 0.3) is 11.8 Å². The number of nitrogens with one attached hydrogen (secondary N) is 5. The van der Waals surface area contributed by atoms with Gasteiger partial charge in [0, 0.05) is 74.6 Å². The number of thiazole rings is 1. The number of pyridine rings is 1. The number of rotatable bonds is 19. The number of hydrogen-bond acceptors (Lipinski definition) is 13. The number of halogens is 4. The van der Waals surface area contributed by atoms with Crippen molar-refractivity contribution >= 4 is 52.2 Å². The summed E-state index contributed by atoms with van der Waals surface area (Å²) in [7, 11) is 1.97. The Kier molecular flexibility index (Phi) is 18.9. The summed E-state index contributed by atoms with van der Waals surface area (Å²) in [5.41, 5.74) is 1.31. The number of likely N-dealkylation sites (tertiary alicyclic amines) is 1. The van der Waals surface area contributed by atoms with Crippen molar-refractivity contribution in [3.63, 3.8) is 0 Å². The van der Waals surface area contributed by atoms with Crippen LogP contribution in [0.2, 0.25) is 0 Å². The van der Waals surface area contributed by atoms with Gasteiger partial charge in [-0.25, -0.2) is 9.37 Å². The molecule has 2 fully saturated rings. The first-order valence-electron chi connectivity index (χ1n) is 25.4. The van der Waals surface area contributed by atoms with Crippen LogP contribution < -0.4 is 31.7 Å². The van der Waals surface area contributed by atoms with Gasteiger partial charge in [-0.2, -0.15) is 13.2 Å². The van der Waals surface area contributed by atoms with E-state index in [2.05, 4.69) is 36.1 Å². The van der Waals surface area contributed by atoms with Crippen molar-refractivity contribution in [1.29, 1.82) is 0 Å². The fourth-order valence-electron chi connectivity index (χ4n) is 9.36. The minimum atomic E-state index is -5.02. The van der Waals surface area contributed by atoms with Crippen LogP contribution in [0.25, 0.3) is 21.6 Å². The highest BCUT2D eigenvalue weighted by Crippen LogP contribution is 2.37. The predicted octanol–water partition coefficient (Wildman–Crippen LogP) is 5.98. The van der Waals surface area contributed by atoms with Gasteiger partial charge in [0.15, 0.2) is 0 Å². The molecule has 7 rings (SSSR count). The van der Waals surface area contributed by atoms with E-state index in [-0.39, 0.29) is 80.3 Å². The van der Waals surface area contributed by atoms with Gasteiger partial charge in [-0.05, 0) is 80.3 Å². The Morgan fingerprint density at radius 1 is 0.885 bits per heavy atom. The first-order chi connectivity index (χ1) is 36.9. The number of aromatic amines is 1. The van der Waals surface area contributed by atoms with Crippen molar-refractivity contribution in [2.75, 3.05) is 69.9 Å². The monoisotopic (exact) mass is 1100 g/mol. The van der Waals surface area contributed by atoms with Crippen LogP contribution in [0.4, 0.5) is 28.9 Å². The number of nitrogens with zero attached hydrogens (tertiary/aromatic N) is 4. The molecule has 0 radical (unpaired) electrons. The number of carbonyl (C=O) groups excluding carboxylic acids is 5. The maximum absolute atomic E-state index is 15.6. The molecular formula is C55H65F4N9O9S. The Hall–Kier alpha value is -7.05. The standard InChI is InChI=1S/C55H65F4N9O9S/c1-31-26-67(27-32(2)66(31)7)44-15-13-36(21-43(44)64-51(73)40-25-61-46(70)23-41(40)55(57,58)59)39-20-37(12-14-42(39)56)50(72)60-16-17-76-18-19-77-29-47(71)65-49(54(4,5)6)53(75)68-28-38(69)22-45(68)52(74)62-24-34-8-10-35(11-9-34)48-33(3)63-30-78-48/h8-15,20-21,23,25,30-32,38,45,49,69H,16-19,22,24,26-29H2,1-7H3,(H,60,72)(H,61,70)(H,62,74)(H,64,73)(H,65,71)/t31-,32+,38-,45+,49-/m1/s1. The van der Waals surface area contributed by atoms with Crippen LogP contribution in [0.3, 0.4) is 0 Å². The number of aromatic nitrogens is 2. The van der Waals surface area contributed by atoms with Crippen LogP contribution in [0.5, 0.6) is 0 Å². The fraction of sp³-hybridized carbons (Fsp3) is 0.436. The molecule has 2 saturated heterocycles. The third-order valence-electron chi connectivity index (χ3n) is 13.8. The highest BCUT2D eigenvalue weighted by Gasteiger charge is 2.44.